The molecule has 0 aliphatic carbocycles. The van der Waals surface area contributed by atoms with E-state index in [4.69, 9.17) is 26.7 Å². The van der Waals surface area contributed by atoms with Crippen LogP contribution in [0.25, 0.3) is 0 Å². The molecule has 0 radical (unpaired) electrons. The minimum Gasteiger partial charge on any atom is -0.379 e. The Morgan fingerprint density at radius 1 is 0.933 bits per heavy atom. The molecule has 0 unspecified atom stereocenters. The highest BCUT2D eigenvalue weighted by molar-refractivity contribution is 4.82. The average Bonchev–Trinajstić information content (AvgIpc) is 2.31. The fourth-order valence-corrected chi connectivity index (χ4v) is 0.791. The summed E-state index contributed by atoms with van der Waals surface area (Å²) in [7, 11) is 0. The zero-order valence-electron chi connectivity index (χ0n) is 10.1. The van der Waals surface area contributed by atoms with Crippen LogP contribution < -0.4 is 0 Å². The molecule has 0 aromatic heterocycles. The molecule has 15 heavy (non-hydrogen) atoms. The first-order valence-corrected chi connectivity index (χ1v) is 4.95. The largest absolute Gasteiger partial charge is 0.379 e. The van der Waals surface area contributed by atoms with Gasteiger partial charge in [0.05, 0.1) is 39.6 Å². The molecular weight excluding hydrogens is 196 g/mol. The van der Waals surface area contributed by atoms with Gasteiger partial charge < -0.3 is 18.9 Å². The normalized spacial score (nSPS) is 11.0. The maximum absolute atomic E-state index is 6.83. The van der Waals surface area contributed by atoms with Crippen LogP contribution in [0, 0.1) is 12.3 Å². The molecule has 88 valence electrons. The quantitative estimate of drug-likeness (QED) is 0.378. The molecule has 0 saturated heterocycles. The molecule has 0 rings (SSSR count). The minimum absolute atomic E-state index is 0.292. The lowest BCUT2D eigenvalue weighted by Gasteiger charge is -2.05. The van der Waals surface area contributed by atoms with Crippen LogP contribution in [-0.4, -0.2) is 52.9 Å². The first-order valence-electron chi connectivity index (χ1n) is 5.66. The molecule has 0 aliphatic heterocycles. The van der Waals surface area contributed by atoms with E-state index in [1.165, 1.54) is 0 Å². The third-order valence-corrected chi connectivity index (χ3v) is 1.45. The molecule has 0 N–H and O–H groups in total. The second kappa shape index (κ2) is 13.4. The summed E-state index contributed by atoms with van der Waals surface area (Å²) in [6, 6.07) is 0. The van der Waals surface area contributed by atoms with Crippen LogP contribution in [0.15, 0.2) is 0 Å². The van der Waals surface area contributed by atoms with Crippen LogP contribution >= 0.6 is 0 Å². The SMILES string of the molecule is [3H]CCOCCOCCOCCOCC#C. The highest BCUT2D eigenvalue weighted by atomic mass is 16.6. The van der Waals surface area contributed by atoms with Gasteiger partial charge >= 0.3 is 0 Å². The van der Waals surface area contributed by atoms with E-state index in [1.807, 2.05) is 0 Å². The smallest absolute Gasteiger partial charge is 0.107 e. The Hall–Kier alpha value is -0.600. The summed E-state index contributed by atoms with van der Waals surface area (Å²) >= 11 is 0. The maximum Gasteiger partial charge on any atom is 0.107 e. The van der Waals surface area contributed by atoms with Gasteiger partial charge in [0.15, 0.2) is 0 Å². The molecule has 0 aromatic rings. The molecule has 4 heteroatoms. The average molecular weight is 218 g/mol. The highest BCUT2D eigenvalue weighted by Gasteiger charge is 1.90. The molecule has 0 fully saturated rings. The van der Waals surface area contributed by atoms with Crippen LogP contribution in [0.5, 0.6) is 0 Å². The highest BCUT2D eigenvalue weighted by Crippen LogP contribution is 1.81. The summed E-state index contributed by atoms with van der Waals surface area (Å²) in [4.78, 5) is 0. The summed E-state index contributed by atoms with van der Waals surface area (Å²) in [5.41, 5.74) is 0. The Bertz CT molecular complexity index is 170. The molecule has 0 bridgehead atoms. The molecule has 0 atom stereocenters. The Balaban J connectivity index is 2.86. The van der Waals surface area contributed by atoms with Crippen molar-refractivity contribution < 1.29 is 20.3 Å². The van der Waals surface area contributed by atoms with Crippen molar-refractivity contribution in [3.05, 3.63) is 0 Å². The van der Waals surface area contributed by atoms with Gasteiger partial charge in [0.25, 0.3) is 0 Å². The molecular formula is C11H20O4. The summed E-state index contributed by atoms with van der Waals surface area (Å²) in [5, 5.41) is 0. The number of terminal acetylenes is 1. The maximum atomic E-state index is 6.83. The number of rotatable bonds is 11. The fraction of sp³-hybridized carbons (Fsp3) is 0.818. The third-order valence-electron chi connectivity index (χ3n) is 1.45. The van der Waals surface area contributed by atoms with Crippen molar-refractivity contribution in [3.8, 4) is 12.3 Å². The van der Waals surface area contributed by atoms with Gasteiger partial charge in [-0.2, -0.15) is 0 Å². The predicted octanol–water partition coefficient (Wildman–Crippen LogP) is 0.706. The molecule has 0 saturated carbocycles. The first kappa shape index (κ1) is 12.5. The van der Waals surface area contributed by atoms with E-state index in [9.17, 15) is 0 Å². The lowest BCUT2D eigenvalue weighted by atomic mass is 10.7. The van der Waals surface area contributed by atoms with Crippen molar-refractivity contribution in [2.75, 3.05) is 52.9 Å². The Labute approximate surface area is 93.2 Å². The Morgan fingerprint density at radius 2 is 1.47 bits per heavy atom. The van der Waals surface area contributed by atoms with Crippen molar-refractivity contribution in [3.63, 3.8) is 0 Å². The lowest BCUT2D eigenvalue weighted by molar-refractivity contribution is 0.00283. The second-order valence-electron chi connectivity index (χ2n) is 2.59. The standard InChI is InChI=1S/C11H20O4/c1-3-5-13-8-9-15-11-10-14-7-6-12-4-2/h1H,4-11H2,2H3/i2T. The summed E-state index contributed by atoms with van der Waals surface area (Å²) in [5.74, 6) is 2.37. The van der Waals surface area contributed by atoms with Crippen LogP contribution in [0.1, 0.15) is 8.27 Å². The molecule has 0 amide bonds. The molecule has 0 aliphatic rings. The number of ether oxygens (including phenoxy) is 4. The van der Waals surface area contributed by atoms with Gasteiger partial charge in [0, 0.05) is 7.98 Å². The summed E-state index contributed by atoms with van der Waals surface area (Å²) < 4.78 is 27.4. The van der Waals surface area contributed by atoms with Gasteiger partial charge in [-0.05, 0) is 6.90 Å². The van der Waals surface area contributed by atoms with Gasteiger partial charge in [0.2, 0.25) is 0 Å². The molecule has 0 aromatic carbocycles. The van der Waals surface area contributed by atoms with Gasteiger partial charge in [-0.15, -0.1) is 6.42 Å². The topological polar surface area (TPSA) is 36.9 Å². The van der Waals surface area contributed by atoms with Crippen molar-refractivity contribution in [1.82, 2.24) is 0 Å². The monoisotopic (exact) mass is 218 g/mol. The van der Waals surface area contributed by atoms with E-state index in [0.717, 1.165) is 0 Å². The zero-order valence-corrected chi connectivity index (χ0v) is 9.07. The van der Waals surface area contributed by atoms with Crippen molar-refractivity contribution in [2.45, 2.75) is 6.90 Å². The minimum atomic E-state index is 0.292. The fourth-order valence-electron chi connectivity index (χ4n) is 0.791. The Morgan fingerprint density at radius 3 is 2.00 bits per heavy atom. The lowest BCUT2D eigenvalue weighted by Crippen LogP contribution is -2.11. The van der Waals surface area contributed by atoms with Gasteiger partial charge in [-0.25, -0.2) is 0 Å². The summed E-state index contributed by atoms with van der Waals surface area (Å²) in [6.45, 7) is 4.27. The number of hydrogen-bond acceptors (Lipinski definition) is 4. The predicted molar refractivity (Wildman–Crippen MR) is 57.8 cm³/mol. The van der Waals surface area contributed by atoms with Gasteiger partial charge in [0.1, 0.15) is 6.61 Å². The van der Waals surface area contributed by atoms with Crippen molar-refractivity contribution >= 4 is 0 Å². The van der Waals surface area contributed by atoms with E-state index in [-0.39, 0.29) is 0 Å². The van der Waals surface area contributed by atoms with Crippen LogP contribution in [0.4, 0.5) is 0 Å². The van der Waals surface area contributed by atoms with Crippen molar-refractivity contribution in [1.29, 1.82) is 0 Å². The van der Waals surface area contributed by atoms with Crippen LogP contribution in [0.3, 0.4) is 0 Å². The second-order valence-corrected chi connectivity index (χ2v) is 2.59. The van der Waals surface area contributed by atoms with E-state index < -0.39 is 0 Å². The molecule has 0 heterocycles. The van der Waals surface area contributed by atoms with Crippen molar-refractivity contribution in [2.24, 2.45) is 0 Å². The third kappa shape index (κ3) is 13.4. The zero-order chi connectivity index (χ0) is 11.9. The number of hydrogen-bond donors (Lipinski definition) is 0. The molecule has 0 spiro atoms. The van der Waals surface area contributed by atoms with Gasteiger partial charge in [-0.3, -0.25) is 0 Å². The summed E-state index contributed by atoms with van der Waals surface area (Å²) in [6.07, 6.45) is 5.00. The molecule has 4 nitrogen and oxygen atoms in total. The van der Waals surface area contributed by atoms with E-state index >= 15 is 0 Å². The first-order chi connectivity index (χ1) is 7.91. The van der Waals surface area contributed by atoms with E-state index in [1.54, 1.807) is 0 Å². The van der Waals surface area contributed by atoms with Crippen LogP contribution in [-0.2, 0) is 18.9 Å². The van der Waals surface area contributed by atoms with Gasteiger partial charge in [-0.1, -0.05) is 5.92 Å². The van der Waals surface area contributed by atoms with E-state index in [0.29, 0.717) is 59.8 Å². The Kier molecular flexibility index (Phi) is 11.1. The van der Waals surface area contributed by atoms with E-state index in [2.05, 4.69) is 5.92 Å². The van der Waals surface area contributed by atoms with Crippen LogP contribution in [0.2, 0.25) is 0 Å².